The van der Waals surface area contributed by atoms with Gasteiger partial charge in [-0.05, 0) is 35.1 Å². The lowest BCUT2D eigenvalue weighted by atomic mass is 10.0. The second kappa shape index (κ2) is 6.90. The Balaban J connectivity index is 1.85. The summed E-state index contributed by atoms with van der Waals surface area (Å²) in [5.74, 6) is 0. The van der Waals surface area contributed by atoms with Gasteiger partial charge in [-0.1, -0.05) is 29.8 Å². The van der Waals surface area contributed by atoms with Crippen LogP contribution in [0.3, 0.4) is 0 Å². The van der Waals surface area contributed by atoms with Crippen molar-refractivity contribution in [3.05, 3.63) is 56.7 Å². The van der Waals surface area contributed by atoms with Crippen LogP contribution in [0.4, 0.5) is 0 Å². The molecule has 0 aliphatic carbocycles. The fourth-order valence-electron chi connectivity index (χ4n) is 2.81. The lowest BCUT2D eigenvalue weighted by molar-refractivity contribution is -0.281. The first-order valence-corrected chi connectivity index (χ1v) is 8.24. The molecule has 5 heteroatoms. The van der Waals surface area contributed by atoms with E-state index in [1.54, 1.807) is 0 Å². The maximum absolute atomic E-state index is 6.38. The second-order valence-corrected chi connectivity index (χ2v) is 6.49. The molecule has 0 bridgehead atoms. The zero-order chi connectivity index (χ0) is 14.7. The molecule has 0 fully saturated rings. The van der Waals surface area contributed by atoms with E-state index in [2.05, 4.69) is 22.4 Å². The van der Waals surface area contributed by atoms with Crippen LogP contribution in [0.1, 0.15) is 22.0 Å². The van der Waals surface area contributed by atoms with Crippen LogP contribution in [0, 0.1) is 0 Å². The molecule has 2 heterocycles. The van der Waals surface area contributed by atoms with Crippen LogP contribution in [-0.4, -0.2) is 25.2 Å². The Morgan fingerprint density at radius 1 is 1.33 bits per heavy atom. The Bertz CT molecular complexity index is 601. The first kappa shape index (κ1) is 15.0. The number of hydrogen-bond acceptors (Lipinski definition) is 4. The fourth-order valence-corrected chi connectivity index (χ4v) is 3.96. The molecule has 0 radical (unpaired) electrons. The van der Waals surface area contributed by atoms with Gasteiger partial charge in [0.05, 0.1) is 13.2 Å². The van der Waals surface area contributed by atoms with Crippen LogP contribution in [0.15, 0.2) is 35.7 Å². The maximum Gasteiger partial charge on any atom is 0.102 e. The molecule has 0 saturated carbocycles. The number of hydrogen-bond donors (Lipinski definition) is 0. The minimum Gasteiger partial charge on any atom is -0.289 e. The van der Waals surface area contributed by atoms with Crippen molar-refractivity contribution in [3.63, 3.8) is 0 Å². The largest absolute Gasteiger partial charge is 0.289 e. The number of thiophene rings is 1. The van der Waals surface area contributed by atoms with Crippen LogP contribution >= 0.6 is 22.9 Å². The molecule has 1 aromatic heterocycles. The summed E-state index contributed by atoms with van der Waals surface area (Å²) < 4.78 is 0. The number of benzene rings is 1. The molecule has 3 nitrogen and oxygen atoms in total. The zero-order valence-electron chi connectivity index (χ0n) is 11.9. The van der Waals surface area contributed by atoms with Crippen molar-refractivity contribution in [2.24, 2.45) is 0 Å². The number of nitrogens with zero attached hydrogens (tertiary/aromatic N) is 1. The summed E-state index contributed by atoms with van der Waals surface area (Å²) in [6, 6.07) is 10.3. The molecule has 0 spiro atoms. The second-order valence-electron chi connectivity index (χ2n) is 5.08. The average molecular weight is 324 g/mol. The Hall–Kier alpha value is -0.910. The molecule has 1 unspecified atom stereocenters. The minimum atomic E-state index is 0.103. The SMILES string of the molecule is COOCC(c1ccccc1Cl)N1CCc2sccc2C1. The van der Waals surface area contributed by atoms with Gasteiger partial charge < -0.3 is 0 Å². The van der Waals surface area contributed by atoms with Crippen molar-refractivity contribution in [1.82, 2.24) is 4.90 Å². The molecule has 0 saturated heterocycles. The fraction of sp³-hybridized carbons (Fsp3) is 0.375. The minimum absolute atomic E-state index is 0.103. The van der Waals surface area contributed by atoms with E-state index < -0.39 is 0 Å². The van der Waals surface area contributed by atoms with Gasteiger partial charge >= 0.3 is 0 Å². The summed E-state index contributed by atoms with van der Waals surface area (Å²) in [6.07, 6.45) is 1.08. The highest BCUT2D eigenvalue weighted by molar-refractivity contribution is 7.10. The van der Waals surface area contributed by atoms with Crippen LogP contribution < -0.4 is 0 Å². The lowest BCUT2D eigenvalue weighted by Gasteiger charge is -2.34. The van der Waals surface area contributed by atoms with Gasteiger partial charge in [0.25, 0.3) is 0 Å². The first-order chi connectivity index (χ1) is 10.3. The molecule has 0 amide bonds. The van der Waals surface area contributed by atoms with Gasteiger partial charge in [-0.25, -0.2) is 9.78 Å². The van der Waals surface area contributed by atoms with Gasteiger partial charge in [0, 0.05) is 23.0 Å². The highest BCUT2D eigenvalue weighted by atomic mass is 35.5. The molecule has 0 N–H and O–H groups in total. The van der Waals surface area contributed by atoms with E-state index in [0.717, 1.165) is 30.1 Å². The van der Waals surface area contributed by atoms with Gasteiger partial charge in [-0.2, -0.15) is 0 Å². The topological polar surface area (TPSA) is 21.7 Å². The van der Waals surface area contributed by atoms with E-state index >= 15 is 0 Å². The van der Waals surface area contributed by atoms with Crippen LogP contribution in [0.2, 0.25) is 5.02 Å². The summed E-state index contributed by atoms with van der Waals surface area (Å²) in [4.78, 5) is 14.0. The van der Waals surface area contributed by atoms with Crippen molar-refractivity contribution in [1.29, 1.82) is 0 Å². The molecule has 21 heavy (non-hydrogen) atoms. The summed E-state index contributed by atoms with van der Waals surface area (Å²) >= 11 is 8.22. The molecule has 3 rings (SSSR count). The summed E-state index contributed by atoms with van der Waals surface area (Å²) in [5, 5.41) is 2.95. The van der Waals surface area contributed by atoms with Gasteiger partial charge in [-0.15, -0.1) is 11.3 Å². The maximum atomic E-state index is 6.38. The number of rotatable bonds is 5. The van der Waals surface area contributed by atoms with Gasteiger partial charge in [0.15, 0.2) is 0 Å². The third-order valence-electron chi connectivity index (χ3n) is 3.89. The molecule has 112 valence electrons. The van der Waals surface area contributed by atoms with Crippen molar-refractivity contribution in [3.8, 4) is 0 Å². The summed E-state index contributed by atoms with van der Waals surface area (Å²) in [7, 11) is 1.54. The molecular weight excluding hydrogens is 306 g/mol. The highest BCUT2D eigenvalue weighted by Crippen LogP contribution is 2.33. The van der Waals surface area contributed by atoms with Crippen LogP contribution in [0.5, 0.6) is 0 Å². The summed E-state index contributed by atoms with van der Waals surface area (Å²) in [5.41, 5.74) is 2.51. The molecule has 1 aliphatic rings. The van der Waals surface area contributed by atoms with Gasteiger partial charge in [0.2, 0.25) is 0 Å². The van der Waals surface area contributed by atoms with Crippen LogP contribution in [0.25, 0.3) is 0 Å². The van der Waals surface area contributed by atoms with Crippen molar-refractivity contribution in [2.75, 3.05) is 20.3 Å². The number of fused-ring (bicyclic) bond motifs is 1. The first-order valence-electron chi connectivity index (χ1n) is 6.99. The van der Waals surface area contributed by atoms with E-state index in [-0.39, 0.29) is 6.04 Å². The molecular formula is C16H18ClNO2S. The van der Waals surface area contributed by atoms with Crippen LogP contribution in [-0.2, 0) is 22.7 Å². The van der Waals surface area contributed by atoms with Crippen molar-refractivity contribution >= 4 is 22.9 Å². The lowest BCUT2D eigenvalue weighted by Crippen LogP contribution is -2.36. The Morgan fingerprint density at radius 3 is 3.00 bits per heavy atom. The van der Waals surface area contributed by atoms with E-state index in [9.17, 15) is 0 Å². The molecule has 1 aliphatic heterocycles. The van der Waals surface area contributed by atoms with Gasteiger partial charge in [0.1, 0.15) is 6.61 Å². The Morgan fingerprint density at radius 2 is 2.19 bits per heavy atom. The highest BCUT2D eigenvalue weighted by Gasteiger charge is 2.27. The van der Waals surface area contributed by atoms with E-state index in [1.807, 2.05) is 29.5 Å². The molecule has 1 atom stereocenters. The van der Waals surface area contributed by atoms with Crippen molar-refractivity contribution in [2.45, 2.75) is 19.0 Å². The standard InChI is InChI=1S/C16H18ClNO2S/c1-19-20-11-15(13-4-2-3-5-14(13)17)18-8-6-16-12(10-18)7-9-21-16/h2-5,7,9,15H,6,8,10-11H2,1H3. The third-order valence-corrected chi connectivity index (χ3v) is 5.25. The molecule has 2 aromatic rings. The Kier molecular flexibility index (Phi) is 4.93. The van der Waals surface area contributed by atoms with E-state index in [4.69, 9.17) is 21.4 Å². The zero-order valence-corrected chi connectivity index (χ0v) is 13.5. The van der Waals surface area contributed by atoms with Gasteiger partial charge in [-0.3, -0.25) is 4.90 Å². The normalized spacial score (nSPS) is 16.7. The molecule has 1 aromatic carbocycles. The monoisotopic (exact) mass is 323 g/mol. The predicted molar refractivity (Wildman–Crippen MR) is 85.6 cm³/mol. The van der Waals surface area contributed by atoms with E-state index in [0.29, 0.717) is 6.61 Å². The van der Waals surface area contributed by atoms with E-state index in [1.165, 1.54) is 17.6 Å². The van der Waals surface area contributed by atoms with Crippen molar-refractivity contribution < 1.29 is 9.78 Å². The third kappa shape index (κ3) is 3.30. The quantitative estimate of drug-likeness (QED) is 0.611. The average Bonchev–Trinajstić information content (AvgIpc) is 2.97. The Labute approximate surface area is 134 Å². The summed E-state index contributed by atoms with van der Waals surface area (Å²) in [6.45, 7) is 2.41. The predicted octanol–water partition coefficient (Wildman–Crippen LogP) is 4.08. The number of halogens is 1. The smallest absolute Gasteiger partial charge is 0.102 e.